The van der Waals surface area contributed by atoms with Gasteiger partial charge in [0, 0.05) is 37.0 Å². The number of rotatable bonds is 8. The number of hydrogen-bond acceptors (Lipinski definition) is 3. The Hall–Kier alpha value is -3.89. The molecule has 0 saturated heterocycles. The third-order valence-corrected chi connectivity index (χ3v) is 9.43. The molecular weight excluding hydrogens is 783 g/mol. The Morgan fingerprint density at radius 3 is 2.31 bits per heavy atom. The Morgan fingerprint density at radius 1 is 0.875 bits per heavy atom. The number of imidazole rings is 1. The van der Waals surface area contributed by atoms with Gasteiger partial charge in [-0.25, -0.2) is 0 Å². The van der Waals surface area contributed by atoms with E-state index in [1.807, 2.05) is 18.2 Å². The van der Waals surface area contributed by atoms with Gasteiger partial charge in [0.25, 0.3) is 0 Å². The van der Waals surface area contributed by atoms with Crippen molar-refractivity contribution < 1.29 is 24.2 Å². The molecule has 7 rings (SSSR count). The van der Waals surface area contributed by atoms with Crippen LogP contribution in [0, 0.1) is 18.3 Å². The quantitative estimate of drug-likeness (QED) is 0.143. The molecule has 0 amide bonds. The van der Waals surface area contributed by atoms with Crippen LogP contribution in [0.4, 0.5) is 0 Å². The van der Waals surface area contributed by atoms with E-state index in [2.05, 4.69) is 116 Å². The first kappa shape index (κ1) is 31.4. The second-order valence-corrected chi connectivity index (χ2v) is 13.5. The molecule has 0 unspecified atom stereocenters. The molecule has 1 radical (unpaired) electrons. The topological polar surface area (TPSA) is 30.7 Å². The van der Waals surface area contributed by atoms with Gasteiger partial charge in [0.2, 0.25) is 0 Å². The number of aromatic nitrogens is 3. The fourth-order valence-corrected chi connectivity index (χ4v) is 7.03. The fourth-order valence-electron chi connectivity index (χ4n) is 6.21. The molecule has 0 fully saturated rings. The second-order valence-electron chi connectivity index (χ2n) is 12.6. The van der Waals surface area contributed by atoms with Crippen LogP contribution >= 0.6 is 11.3 Å². The first-order valence-corrected chi connectivity index (χ1v) is 17.3. The summed E-state index contributed by atoms with van der Waals surface area (Å²) in [7, 11) is 0. The zero-order valence-electron chi connectivity index (χ0n) is 31.2. The van der Waals surface area contributed by atoms with Crippen molar-refractivity contribution in [3.63, 3.8) is 0 Å². The van der Waals surface area contributed by atoms with Crippen LogP contribution in [0.25, 0.3) is 43.8 Å². The Balaban J connectivity index is 0.000000249. The first-order chi connectivity index (χ1) is 24.0. The minimum absolute atomic E-state index is 0. The largest absolute Gasteiger partial charge is 0.360 e. The average Bonchev–Trinajstić information content (AvgIpc) is 3.69. The SMILES string of the molecule is CCCc1ccc2s[c-]c(-c3nc4ccccc4n3Cc3c(C(C)C)cccc3C(C)C)c2c1.[2H]C([2H])([2H])c1ccc(-c2[c-]cccc2)nc1.[Ir]. The molecule has 3 aromatic heterocycles. The Bertz CT molecular complexity index is 2170. The molecule has 5 heteroatoms. The molecule has 0 atom stereocenters. The molecule has 0 aliphatic rings. The van der Waals surface area contributed by atoms with E-state index in [0.717, 1.165) is 47.5 Å². The molecule has 0 N–H and O–H groups in total. The number of benzene rings is 4. The number of aryl methyl sites for hydroxylation is 2. The van der Waals surface area contributed by atoms with Crippen LogP contribution in [-0.2, 0) is 33.1 Å². The zero-order chi connectivity index (χ0) is 35.4. The molecule has 4 aromatic carbocycles. The summed E-state index contributed by atoms with van der Waals surface area (Å²) in [5.74, 6) is 1.96. The maximum atomic E-state index is 7.23. The van der Waals surface area contributed by atoms with E-state index >= 15 is 0 Å². The van der Waals surface area contributed by atoms with Gasteiger partial charge < -0.3 is 9.55 Å². The number of para-hydroxylation sites is 2. The maximum absolute atomic E-state index is 7.23. The van der Waals surface area contributed by atoms with Crippen LogP contribution in [-0.4, -0.2) is 14.5 Å². The zero-order valence-corrected chi connectivity index (χ0v) is 31.4. The van der Waals surface area contributed by atoms with E-state index in [1.165, 1.54) is 44.1 Å². The molecule has 0 bridgehead atoms. The van der Waals surface area contributed by atoms with Gasteiger partial charge in [-0.05, 0) is 65.2 Å². The standard InChI is InChI=1S/C31H33N2S.C12H10N.Ir/c1-6-10-22-15-16-30-25(17-22)27(19-34-30)31-32-28-13-7-8-14-29(28)33(31)18-26-23(20(2)3)11-9-12-24(26)21(4)5;1-10-7-8-12(13-9-10)11-5-3-2-4-6-11;/h7-9,11-17,20-21H,6,10,18H2,1-5H3;2-5,7-9H,1H3;/q2*-1;/i;1D3;. The smallest absolute Gasteiger partial charge is 0.0770 e. The Labute approximate surface area is 307 Å². The third-order valence-electron chi connectivity index (χ3n) is 8.55. The average molecular weight is 829 g/mol. The van der Waals surface area contributed by atoms with E-state index in [1.54, 1.807) is 29.5 Å². The second kappa shape index (κ2) is 16.0. The van der Waals surface area contributed by atoms with E-state index in [0.29, 0.717) is 11.8 Å². The first-order valence-electron chi connectivity index (χ1n) is 18.0. The minimum Gasteiger partial charge on any atom is -0.360 e. The van der Waals surface area contributed by atoms with Crippen LogP contribution in [0.5, 0.6) is 0 Å². The monoisotopic (exact) mass is 829 g/mol. The molecule has 7 aromatic rings. The molecule has 0 aliphatic carbocycles. The number of nitrogens with zero attached hydrogens (tertiary/aromatic N) is 3. The summed E-state index contributed by atoms with van der Waals surface area (Å²) in [6.45, 7) is 10.2. The van der Waals surface area contributed by atoms with Gasteiger partial charge in [0.05, 0.1) is 16.9 Å². The van der Waals surface area contributed by atoms with Crippen LogP contribution in [0.15, 0.2) is 103 Å². The van der Waals surface area contributed by atoms with Crippen LogP contribution in [0.1, 0.15) is 84.8 Å². The van der Waals surface area contributed by atoms with Crippen LogP contribution < -0.4 is 0 Å². The number of pyridine rings is 1. The van der Waals surface area contributed by atoms with Crippen LogP contribution in [0.2, 0.25) is 0 Å². The van der Waals surface area contributed by atoms with E-state index in [9.17, 15) is 0 Å². The van der Waals surface area contributed by atoms with Crippen molar-refractivity contribution in [2.45, 2.75) is 72.7 Å². The molecule has 0 saturated carbocycles. The molecule has 0 spiro atoms. The maximum Gasteiger partial charge on any atom is 0.0770 e. The van der Waals surface area contributed by atoms with Gasteiger partial charge >= 0.3 is 0 Å². The Morgan fingerprint density at radius 2 is 1.65 bits per heavy atom. The predicted molar refractivity (Wildman–Crippen MR) is 200 cm³/mol. The van der Waals surface area contributed by atoms with Gasteiger partial charge in [-0.15, -0.1) is 47.3 Å². The van der Waals surface area contributed by atoms with Crippen molar-refractivity contribution in [2.24, 2.45) is 0 Å². The van der Waals surface area contributed by atoms with Crippen molar-refractivity contribution in [2.75, 3.05) is 0 Å². The molecule has 3 nitrogen and oxygen atoms in total. The summed E-state index contributed by atoms with van der Waals surface area (Å²) in [4.78, 5) is 9.29. The van der Waals surface area contributed by atoms with Crippen molar-refractivity contribution in [3.05, 3.63) is 143 Å². The molecule has 48 heavy (non-hydrogen) atoms. The van der Waals surface area contributed by atoms with E-state index < -0.39 is 6.85 Å². The third kappa shape index (κ3) is 7.70. The van der Waals surface area contributed by atoms with Crippen LogP contribution in [0.3, 0.4) is 0 Å². The molecule has 247 valence electrons. The normalized spacial score (nSPS) is 12.4. The van der Waals surface area contributed by atoms with Crippen molar-refractivity contribution in [3.8, 4) is 22.6 Å². The van der Waals surface area contributed by atoms with Gasteiger partial charge in [0.15, 0.2) is 0 Å². The number of fused-ring (bicyclic) bond motifs is 2. The molecule has 3 heterocycles. The summed E-state index contributed by atoms with van der Waals surface area (Å²) in [5, 5.41) is 4.89. The van der Waals surface area contributed by atoms with E-state index in [-0.39, 0.29) is 25.7 Å². The van der Waals surface area contributed by atoms with Crippen molar-refractivity contribution in [1.82, 2.24) is 14.5 Å². The molecular formula is C43H43IrN3S-2. The summed E-state index contributed by atoms with van der Waals surface area (Å²) in [6.07, 6.45) is 3.64. The summed E-state index contributed by atoms with van der Waals surface area (Å²) in [5.41, 5.74) is 10.9. The van der Waals surface area contributed by atoms with Gasteiger partial charge in [-0.3, -0.25) is 16.3 Å². The number of thiophene rings is 1. The predicted octanol–water partition coefficient (Wildman–Crippen LogP) is 11.8. The Kier molecular flexibility index (Phi) is 10.5. The van der Waals surface area contributed by atoms with Crippen molar-refractivity contribution in [1.29, 1.82) is 0 Å². The van der Waals surface area contributed by atoms with Gasteiger partial charge in [-0.1, -0.05) is 117 Å². The van der Waals surface area contributed by atoms with Crippen molar-refractivity contribution >= 4 is 32.5 Å². The summed E-state index contributed by atoms with van der Waals surface area (Å²) >= 11 is 1.70. The minimum atomic E-state index is -2.09. The van der Waals surface area contributed by atoms with Gasteiger partial charge in [0.1, 0.15) is 0 Å². The number of hydrogen-bond donors (Lipinski definition) is 0. The molecule has 0 aliphatic heterocycles. The summed E-state index contributed by atoms with van der Waals surface area (Å²) in [6, 6.07) is 36.0. The van der Waals surface area contributed by atoms with Gasteiger partial charge in [-0.2, -0.15) is 0 Å². The van der Waals surface area contributed by atoms with E-state index in [4.69, 9.17) is 9.10 Å². The summed E-state index contributed by atoms with van der Waals surface area (Å²) < 4.78 is 25.4. The fraction of sp³-hybridized carbons (Fsp3) is 0.256.